The monoisotopic (exact) mass is 249 g/mol. The molecule has 0 saturated heterocycles. The Morgan fingerprint density at radius 2 is 2.11 bits per heavy atom. The predicted molar refractivity (Wildman–Crippen MR) is 70.1 cm³/mol. The van der Waals surface area contributed by atoms with Crippen LogP contribution in [-0.2, 0) is 4.79 Å². The number of carbonyl (C=O) groups is 1. The summed E-state index contributed by atoms with van der Waals surface area (Å²) in [5.41, 5.74) is 0.762. The summed E-state index contributed by atoms with van der Waals surface area (Å²) in [4.78, 5) is 19.5. The van der Waals surface area contributed by atoms with Crippen LogP contribution < -0.4 is 10.1 Å². The van der Waals surface area contributed by atoms with E-state index in [1.54, 1.807) is 18.5 Å². The minimum Gasteiger partial charge on any atom is -0.464 e. The predicted octanol–water partition coefficient (Wildman–Crippen LogP) is 1.80. The van der Waals surface area contributed by atoms with E-state index in [1.807, 2.05) is 20.8 Å². The van der Waals surface area contributed by atoms with Gasteiger partial charge in [0.05, 0.1) is 6.61 Å². The summed E-state index contributed by atoms with van der Waals surface area (Å²) in [5.74, 6) is -0.113. The number of amides is 1. The highest BCUT2D eigenvalue weighted by molar-refractivity contribution is 5.91. The first-order valence-electron chi connectivity index (χ1n) is 6.09. The fraction of sp³-hybridized carbons (Fsp3) is 0.462. The van der Waals surface area contributed by atoms with E-state index >= 15 is 0 Å². The van der Waals surface area contributed by atoms with E-state index in [9.17, 15) is 4.79 Å². The molecule has 0 saturated carbocycles. The fourth-order valence-corrected chi connectivity index (χ4v) is 1.18. The van der Waals surface area contributed by atoms with Crippen molar-refractivity contribution in [1.82, 2.24) is 15.3 Å². The molecule has 1 amide bonds. The molecule has 5 nitrogen and oxygen atoms in total. The first kappa shape index (κ1) is 14.2. The zero-order chi connectivity index (χ0) is 13.4. The molecule has 0 bridgehead atoms. The zero-order valence-corrected chi connectivity index (χ0v) is 11.0. The van der Waals surface area contributed by atoms with Crippen molar-refractivity contribution in [1.29, 1.82) is 0 Å². The second kappa shape index (κ2) is 7.42. The summed E-state index contributed by atoms with van der Waals surface area (Å²) in [6, 6.07) is 0.525. The van der Waals surface area contributed by atoms with Crippen LogP contribution in [-0.4, -0.2) is 28.5 Å². The highest BCUT2D eigenvalue weighted by Gasteiger charge is 2.01. The average molecular weight is 249 g/mol. The normalized spacial score (nSPS) is 12.4. The molecule has 1 N–H and O–H groups in total. The summed E-state index contributed by atoms with van der Waals surface area (Å²) in [5, 5.41) is 2.84. The van der Waals surface area contributed by atoms with Gasteiger partial charge in [0, 0.05) is 30.1 Å². The minimum atomic E-state index is -0.113. The van der Waals surface area contributed by atoms with Gasteiger partial charge in [-0.2, -0.15) is 0 Å². The van der Waals surface area contributed by atoms with Crippen molar-refractivity contribution in [3.05, 3.63) is 24.0 Å². The van der Waals surface area contributed by atoms with Crippen LogP contribution in [0.4, 0.5) is 0 Å². The van der Waals surface area contributed by atoms with Gasteiger partial charge in [-0.3, -0.25) is 4.79 Å². The highest BCUT2D eigenvalue weighted by atomic mass is 16.5. The Balaban J connectivity index is 2.53. The van der Waals surface area contributed by atoms with Crippen molar-refractivity contribution in [3.63, 3.8) is 0 Å². The van der Waals surface area contributed by atoms with Crippen molar-refractivity contribution < 1.29 is 9.53 Å². The molecule has 1 aromatic rings. The number of hydrogen-bond acceptors (Lipinski definition) is 4. The summed E-state index contributed by atoms with van der Waals surface area (Å²) in [6.45, 7) is 6.39. The average Bonchev–Trinajstić information content (AvgIpc) is 2.38. The number of hydrogen-bond donors (Lipinski definition) is 1. The summed E-state index contributed by atoms with van der Waals surface area (Å²) >= 11 is 0. The standard InChI is InChI=1S/C13H19N3O2/c1-4-10(3)16-12(17)7-6-11-8-14-13(15-9-11)18-5-2/h6-10H,4-5H2,1-3H3,(H,16,17)/b7-6+. The molecule has 1 aromatic heterocycles. The molecule has 1 rings (SSSR count). The Labute approximate surface area is 107 Å². The third-order valence-electron chi connectivity index (χ3n) is 2.35. The van der Waals surface area contributed by atoms with E-state index in [0.29, 0.717) is 12.6 Å². The van der Waals surface area contributed by atoms with Crippen molar-refractivity contribution in [2.45, 2.75) is 33.2 Å². The molecule has 1 atom stereocenters. The first-order chi connectivity index (χ1) is 8.65. The van der Waals surface area contributed by atoms with E-state index in [4.69, 9.17) is 4.74 Å². The molecule has 1 unspecified atom stereocenters. The molecule has 0 radical (unpaired) electrons. The van der Waals surface area contributed by atoms with Gasteiger partial charge < -0.3 is 10.1 Å². The van der Waals surface area contributed by atoms with Crippen molar-refractivity contribution in [2.24, 2.45) is 0 Å². The molecule has 0 aliphatic carbocycles. The first-order valence-corrected chi connectivity index (χ1v) is 6.09. The number of nitrogens with zero attached hydrogens (tertiary/aromatic N) is 2. The lowest BCUT2D eigenvalue weighted by atomic mass is 10.2. The smallest absolute Gasteiger partial charge is 0.316 e. The van der Waals surface area contributed by atoms with E-state index < -0.39 is 0 Å². The topological polar surface area (TPSA) is 64.1 Å². The van der Waals surface area contributed by atoms with E-state index in [-0.39, 0.29) is 11.9 Å². The molecule has 0 aromatic carbocycles. The van der Waals surface area contributed by atoms with Crippen LogP contribution in [0.5, 0.6) is 6.01 Å². The highest BCUT2D eigenvalue weighted by Crippen LogP contribution is 2.04. The molecule has 0 fully saturated rings. The number of nitrogens with one attached hydrogen (secondary N) is 1. The van der Waals surface area contributed by atoms with Gasteiger partial charge in [0.15, 0.2) is 0 Å². The van der Waals surface area contributed by atoms with E-state index in [1.165, 1.54) is 6.08 Å². The van der Waals surface area contributed by atoms with Gasteiger partial charge >= 0.3 is 6.01 Å². The van der Waals surface area contributed by atoms with Crippen LogP contribution in [0.3, 0.4) is 0 Å². The molecule has 1 heterocycles. The molecule has 0 aliphatic rings. The van der Waals surface area contributed by atoms with Gasteiger partial charge in [-0.1, -0.05) is 6.92 Å². The van der Waals surface area contributed by atoms with Gasteiger partial charge in [-0.25, -0.2) is 9.97 Å². The largest absolute Gasteiger partial charge is 0.464 e. The van der Waals surface area contributed by atoms with E-state index in [0.717, 1.165) is 12.0 Å². The van der Waals surface area contributed by atoms with Gasteiger partial charge in [0.1, 0.15) is 0 Å². The SMILES string of the molecule is CCOc1ncc(/C=C/C(=O)NC(C)CC)cn1. The van der Waals surface area contributed by atoms with Crippen LogP contribution in [0.1, 0.15) is 32.8 Å². The summed E-state index contributed by atoms with van der Waals surface area (Å²) in [7, 11) is 0. The molecule has 98 valence electrons. The number of carbonyl (C=O) groups excluding carboxylic acids is 1. The quantitative estimate of drug-likeness (QED) is 0.781. The fourth-order valence-electron chi connectivity index (χ4n) is 1.18. The Hall–Kier alpha value is -1.91. The van der Waals surface area contributed by atoms with Crippen LogP contribution >= 0.6 is 0 Å². The van der Waals surface area contributed by atoms with Gasteiger partial charge in [-0.15, -0.1) is 0 Å². The van der Waals surface area contributed by atoms with Crippen molar-refractivity contribution in [2.75, 3.05) is 6.61 Å². The molecular weight excluding hydrogens is 230 g/mol. The van der Waals surface area contributed by atoms with Crippen molar-refractivity contribution in [3.8, 4) is 6.01 Å². The van der Waals surface area contributed by atoms with Gasteiger partial charge in [-0.05, 0) is 26.3 Å². The lowest BCUT2D eigenvalue weighted by Crippen LogP contribution is -2.30. The Kier molecular flexibility index (Phi) is 5.84. The van der Waals surface area contributed by atoms with Crippen LogP contribution in [0.2, 0.25) is 0 Å². The van der Waals surface area contributed by atoms with Gasteiger partial charge in [0.2, 0.25) is 5.91 Å². The number of aromatic nitrogens is 2. The maximum atomic E-state index is 11.5. The molecule has 18 heavy (non-hydrogen) atoms. The molecular formula is C13H19N3O2. The Morgan fingerprint density at radius 3 is 2.67 bits per heavy atom. The van der Waals surface area contributed by atoms with Crippen LogP contribution in [0.15, 0.2) is 18.5 Å². The maximum Gasteiger partial charge on any atom is 0.316 e. The second-order valence-electron chi connectivity index (χ2n) is 3.88. The second-order valence-corrected chi connectivity index (χ2v) is 3.88. The van der Waals surface area contributed by atoms with Crippen LogP contribution in [0.25, 0.3) is 6.08 Å². The molecule has 0 spiro atoms. The molecule has 5 heteroatoms. The lowest BCUT2D eigenvalue weighted by molar-refractivity contribution is -0.117. The van der Waals surface area contributed by atoms with E-state index in [2.05, 4.69) is 15.3 Å². The summed E-state index contributed by atoms with van der Waals surface area (Å²) in [6.07, 6.45) is 7.29. The van der Waals surface area contributed by atoms with Gasteiger partial charge in [0.25, 0.3) is 0 Å². The van der Waals surface area contributed by atoms with Crippen molar-refractivity contribution >= 4 is 12.0 Å². The maximum absolute atomic E-state index is 11.5. The lowest BCUT2D eigenvalue weighted by Gasteiger charge is -2.08. The third-order valence-corrected chi connectivity index (χ3v) is 2.35. The third kappa shape index (κ3) is 4.95. The number of ether oxygens (including phenoxy) is 1. The van der Waals surface area contributed by atoms with Crippen LogP contribution in [0, 0.1) is 0 Å². The summed E-state index contributed by atoms with van der Waals surface area (Å²) < 4.78 is 5.13. The number of rotatable bonds is 6. The molecule has 0 aliphatic heterocycles. The Morgan fingerprint density at radius 1 is 1.44 bits per heavy atom. The zero-order valence-electron chi connectivity index (χ0n) is 11.0. The Bertz CT molecular complexity index is 401. The minimum absolute atomic E-state index is 0.113.